The Balaban J connectivity index is 0.959. The molecule has 7 N–H and O–H groups in total. The number of hydrogen-bond acceptors (Lipinski definition) is 15. The Morgan fingerprint density at radius 1 is 0.754 bits per heavy atom. The first-order valence-electron chi connectivity index (χ1n) is 22.9. The topological polar surface area (TPSA) is 293 Å². The van der Waals surface area contributed by atoms with Crippen molar-refractivity contribution in [2.24, 2.45) is 0 Å². The highest BCUT2D eigenvalue weighted by molar-refractivity contribution is 8.76. The van der Waals surface area contributed by atoms with Crippen molar-refractivity contribution in [2.75, 3.05) is 36.9 Å². The van der Waals surface area contributed by atoms with Crippen LogP contribution in [0.1, 0.15) is 110 Å². The molecular weight excluding hydrogens is 975 g/mol. The molecule has 3 heterocycles. The van der Waals surface area contributed by atoms with Crippen LogP contribution in [0, 0.1) is 0 Å². The van der Waals surface area contributed by atoms with E-state index in [4.69, 9.17) is 9.39 Å². The minimum absolute atomic E-state index is 0.0135. The van der Waals surface area contributed by atoms with E-state index in [0.29, 0.717) is 67.3 Å². The normalized spacial score (nSPS) is 19.0. The molecule has 376 valence electrons. The van der Waals surface area contributed by atoms with E-state index in [2.05, 4.69) is 31.9 Å². The van der Waals surface area contributed by atoms with Crippen LogP contribution in [0.25, 0.3) is 0 Å². The second-order valence-corrected chi connectivity index (χ2v) is 22.1. The van der Waals surface area contributed by atoms with Gasteiger partial charge in [0.15, 0.2) is 11.0 Å². The average Bonchev–Trinajstić information content (AvgIpc) is 3.98. The van der Waals surface area contributed by atoms with E-state index < -0.39 is 57.4 Å². The number of thioether (sulfide) groups is 1. The number of fused-ring (bicyclic) bond motifs is 1. The lowest BCUT2D eigenvalue weighted by atomic mass is 10.0. The highest BCUT2D eigenvalue weighted by Crippen LogP contribution is 2.33. The van der Waals surface area contributed by atoms with Crippen molar-refractivity contribution in [2.45, 2.75) is 112 Å². The molecule has 1 unspecified atom stereocenters. The first-order valence-corrected chi connectivity index (χ1v) is 27.9. The second-order valence-electron chi connectivity index (χ2n) is 16.6. The van der Waals surface area contributed by atoms with E-state index in [1.54, 1.807) is 42.5 Å². The minimum Gasteiger partial charge on any atom is -0.356 e. The molecule has 69 heavy (non-hydrogen) atoms. The summed E-state index contributed by atoms with van der Waals surface area (Å²) in [7, 11) is -2.30. The monoisotopic (exact) mass is 1030 g/mol. The number of carbonyl (C=O) groups excluding carboxylic acids is 9. The van der Waals surface area contributed by atoms with Gasteiger partial charge in [0.25, 0.3) is 27.8 Å². The van der Waals surface area contributed by atoms with Crippen molar-refractivity contribution in [3.63, 3.8) is 0 Å². The van der Waals surface area contributed by atoms with E-state index in [9.17, 15) is 51.6 Å². The predicted octanol–water partition coefficient (Wildman–Crippen LogP) is 3.07. The van der Waals surface area contributed by atoms with Crippen LogP contribution in [-0.2, 0) is 43.7 Å². The van der Waals surface area contributed by atoms with Gasteiger partial charge in [-0.3, -0.25) is 38.1 Å². The minimum atomic E-state index is -4.85. The molecule has 24 heteroatoms. The van der Waals surface area contributed by atoms with E-state index in [1.807, 2.05) is 11.8 Å². The number of rotatable bonds is 30. The summed E-state index contributed by atoms with van der Waals surface area (Å²) in [5, 5.41) is 15.8. The summed E-state index contributed by atoms with van der Waals surface area (Å²) in [6.07, 6.45) is 5.88. The summed E-state index contributed by atoms with van der Waals surface area (Å²) in [5.74, 6) is -3.13. The largest absolute Gasteiger partial charge is 0.356 e. The number of carbonyl (C=O) groups is 9. The summed E-state index contributed by atoms with van der Waals surface area (Å²) in [4.78, 5) is 117. The van der Waals surface area contributed by atoms with Gasteiger partial charge in [-0.05, 0) is 57.1 Å². The molecule has 0 aromatic heterocycles. The van der Waals surface area contributed by atoms with Crippen LogP contribution in [0.3, 0.4) is 0 Å². The zero-order valence-corrected chi connectivity index (χ0v) is 41.2. The number of hydrogen-bond donors (Lipinski definition) is 7. The highest BCUT2D eigenvalue weighted by Gasteiger charge is 2.48. The second kappa shape index (κ2) is 27.9. The third kappa shape index (κ3) is 17.9. The Labute approximate surface area is 412 Å². The maximum Gasteiger partial charge on any atom is 0.334 e. The van der Waals surface area contributed by atoms with Gasteiger partial charge in [-0.2, -0.15) is 20.2 Å². The zero-order valence-electron chi connectivity index (χ0n) is 37.9. The number of urea groups is 1. The molecule has 3 aliphatic rings. The number of nitrogens with one attached hydrogen (secondary N) is 6. The molecule has 0 radical (unpaired) electrons. The quantitative estimate of drug-likeness (QED) is 0.0148. The van der Waals surface area contributed by atoms with Gasteiger partial charge in [-0.25, -0.2) is 9.59 Å². The molecule has 3 aliphatic heterocycles. The number of nitrogens with zero attached hydrogens (tertiary/aromatic N) is 1. The number of amides is 8. The van der Waals surface area contributed by atoms with Gasteiger partial charge in [-0.15, -0.1) is 5.06 Å². The van der Waals surface area contributed by atoms with Crippen molar-refractivity contribution < 1.29 is 61.0 Å². The van der Waals surface area contributed by atoms with Crippen LogP contribution in [0.2, 0.25) is 0 Å². The molecule has 3 fully saturated rings. The van der Waals surface area contributed by atoms with Crippen LogP contribution in [0.15, 0.2) is 54.6 Å². The first kappa shape index (κ1) is 54.8. The van der Waals surface area contributed by atoms with Crippen molar-refractivity contribution in [1.82, 2.24) is 37.0 Å². The lowest BCUT2D eigenvalue weighted by Gasteiger charge is -2.19. The third-order valence-corrected chi connectivity index (χ3v) is 16.4. The Kier molecular flexibility index (Phi) is 22.1. The fourth-order valence-corrected chi connectivity index (χ4v) is 11.8. The first-order chi connectivity index (χ1) is 33.1. The van der Waals surface area contributed by atoms with Gasteiger partial charge >= 0.3 is 12.0 Å². The van der Waals surface area contributed by atoms with Gasteiger partial charge in [-0.1, -0.05) is 76.9 Å². The molecule has 5 rings (SSSR count). The Morgan fingerprint density at radius 3 is 2.07 bits per heavy atom. The van der Waals surface area contributed by atoms with Crippen LogP contribution in [-0.4, -0.2) is 137 Å². The molecule has 0 saturated carbocycles. The molecule has 2 aromatic carbocycles. The fraction of sp³-hybridized carbons (Fsp3) is 0.533. The number of benzene rings is 2. The fourth-order valence-electron chi connectivity index (χ4n) is 7.65. The summed E-state index contributed by atoms with van der Waals surface area (Å²) in [6.45, 7) is 1.11. The molecule has 0 aliphatic carbocycles. The van der Waals surface area contributed by atoms with Crippen molar-refractivity contribution in [1.29, 1.82) is 0 Å². The standard InChI is InChI=1S/C45H59N7O13S4/c53-36(15-5-2-9-22-46-37(54)16-7-6-14-34-40-33(28-66-34)50-45(61)51-40)47-23-10-8-13-32(49-42(58)31-19-17-30(18-20-31)41(57)29-11-3-1-4-12-29)43(59)48-24-26-68-67-25-21-39(56)65-52-38(55)27-35(44(52)60)69(62,63)64/h1,3-4,11-12,17-20,32-35,40H,2,5-10,13-16,21-28H2,(H,46,54)(H,47,53)(H,48,59)(H,49,58)(H2,50,51,61)(H,62,63,64)/t32-,33-,34-,35?,40-/m1/s1. The van der Waals surface area contributed by atoms with Crippen molar-refractivity contribution in [3.05, 3.63) is 71.3 Å². The highest BCUT2D eigenvalue weighted by atomic mass is 33.1. The SMILES string of the molecule is O=C(CCCCCNC(=O)CCCC[C@H]1SC[C@H]2NC(=O)N[C@H]21)NCCCC[C@@H](NC(=O)c1ccc(C(=O)c2ccccc2)cc1)C(=O)NCCSSCCC(=O)ON1C(=O)CC(S(=O)(=O)O)C1=O. The van der Waals surface area contributed by atoms with E-state index in [-0.39, 0.29) is 71.5 Å². The molecule has 0 spiro atoms. The van der Waals surface area contributed by atoms with Crippen molar-refractivity contribution in [3.8, 4) is 0 Å². The summed E-state index contributed by atoms with van der Waals surface area (Å²) in [5.41, 5.74) is 1.14. The number of unbranched alkanes of at least 4 members (excludes halogenated alkanes) is 4. The number of ketones is 1. The molecule has 3 saturated heterocycles. The van der Waals surface area contributed by atoms with Gasteiger partial charge < -0.3 is 36.7 Å². The number of hydroxylamine groups is 2. The average molecular weight is 1030 g/mol. The molecule has 20 nitrogen and oxygen atoms in total. The molecule has 8 amide bonds. The van der Waals surface area contributed by atoms with Gasteiger partial charge in [0, 0.05) is 71.7 Å². The van der Waals surface area contributed by atoms with Crippen LogP contribution >= 0.6 is 33.3 Å². The van der Waals surface area contributed by atoms with Gasteiger partial charge in [0.2, 0.25) is 17.7 Å². The molecule has 2 aromatic rings. The Morgan fingerprint density at radius 2 is 1.39 bits per heavy atom. The smallest absolute Gasteiger partial charge is 0.334 e. The van der Waals surface area contributed by atoms with Gasteiger partial charge in [0.1, 0.15) is 6.04 Å². The molecular formula is C45H59N7O13S4. The van der Waals surface area contributed by atoms with E-state index in [1.165, 1.54) is 33.7 Å². The number of imide groups is 1. The molecule has 0 bridgehead atoms. The van der Waals surface area contributed by atoms with Crippen LogP contribution in [0.5, 0.6) is 0 Å². The van der Waals surface area contributed by atoms with E-state index >= 15 is 0 Å². The lowest BCUT2D eigenvalue weighted by Crippen LogP contribution is -2.47. The van der Waals surface area contributed by atoms with Crippen LogP contribution < -0.4 is 31.9 Å². The van der Waals surface area contributed by atoms with Crippen LogP contribution in [0.4, 0.5) is 4.79 Å². The maximum atomic E-state index is 13.4. The Hall–Kier alpha value is -5.17. The third-order valence-electron chi connectivity index (χ3n) is 11.4. The van der Waals surface area contributed by atoms with E-state index in [0.717, 1.165) is 37.9 Å². The zero-order chi connectivity index (χ0) is 49.8. The summed E-state index contributed by atoms with van der Waals surface area (Å²) < 4.78 is 31.7. The summed E-state index contributed by atoms with van der Waals surface area (Å²) >= 11 is 1.87. The van der Waals surface area contributed by atoms with Gasteiger partial charge in [0.05, 0.1) is 24.9 Å². The predicted molar refractivity (Wildman–Crippen MR) is 260 cm³/mol. The summed E-state index contributed by atoms with van der Waals surface area (Å²) in [6, 6.07) is 14.2. The maximum absolute atomic E-state index is 13.4. The Bertz CT molecular complexity index is 2260. The van der Waals surface area contributed by atoms with Crippen molar-refractivity contribution >= 4 is 96.7 Å². The lowest BCUT2D eigenvalue weighted by molar-refractivity contribution is -0.197. The molecule has 5 atom stereocenters.